The second-order valence-electron chi connectivity index (χ2n) is 6.03. The molecule has 120 valence electrons. The predicted octanol–water partition coefficient (Wildman–Crippen LogP) is 2.74. The number of aromatic nitrogens is 1. The Morgan fingerprint density at radius 1 is 1.36 bits per heavy atom. The van der Waals surface area contributed by atoms with Crippen LogP contribution in [0.2, 0.25) is 0 Å². The van der Waals surface area contributed by atoms with Crippen LogP contribution in [0.4, 0.5) is 13.2 Å². The van der Waals surface area contributed by atoms with E-state index in [1.54, 1.807) is 0 Å². The van der Waals surface area contributed by atoms with Crippen LogP contribution in [0.1, 0.15) is 35.3 Å². The Morgan fingerprint density at radius 2 is 2.18 bits per heavy atom. The van der Waals surface area contributed by atoms with Crippen molar-refractivity contribution in [3.8, 4) is 0 Å². The Balaban J connectivity index is 1.81. The van der Waals surface area contributed by atoms with E-state index in [9.17, 15) is 18.0 Å². The Labute approximate surface area is 126 Å². The molecule has 7 heteroatoms. The summed E-state index contributed by atoms with van der Waals surface area (Å²) >= 11 is 0. The SMILES string of the molecule is O=C(c1cccnc1C(F)(F)F)N1CCC2(CCCOC2)C1. The van der Waals surface area contributed by atoms with Crippen molar-refractivity contribution in [2.24, 2.45) is 5.41 Å². The summed E-state index contributed by atoms with van der Waals surface area (Å²) in [6.07, 6.45) is -0.906. The van der Waals surface area contributed by atoms with Gasteiger partial charge in [-0.1, -0.05) is 0 Å². The van der Waals surface area contributed by atoms with Crippen molar-refractivity contribution in [2.75, 3.05) is 26.3 Å². The van der Waals surface area contributed by atoms with Gasteiger partial charge in [-0.3, -0.25) is 9.78 Å². The summed E-state index contributed by atoms with van der Waals surface area (Å²) in [6, 6.07) is 2.55. The number of pyridine rings is 1. The first-order valence-electron chi connectivity index (χ1n) is 7.31. The van der Waals surface area contributed by atoms with Crippen LogP contribution in [0.3, 0.4) is 0 Å². The maximum atomic E-state index is 13.0. The molecule has 2 fully saturated rings. The van der Waals surface area contributed by atoms with Gasteiger partial charge in [0.05, 0.1) is 12.2 Å². The third-order valence-corrected chi connectivity index (χ3v) is 4.44. The highest BCUT2D eigenvalue weighted by Gasteiger charge is 2.43. The molecular weight excluding hydrogens is 297 g/mol. The number of likely N-dealkylation sites (tertiary alicyclic amines) is 1. The molecule has 0 bridgehead atoms. The van der Waals surface area contributed by atoms with E-state index in [0.717, 1.165) is 32.1 Å². The minimum absolute atomic E-state index is 0.0888. The molecule has 1 atom stereocenters. The first-order chi connectivity index (χ1) is 10.4. The largest absolute Gasteiger partial charge is 0.434 e. The zero-order valence-electron chi connectivity index (χ0n) is 12.0. The molecule has 1 unspecified atom stereocenters. The molecule has 2 aliphatic rings. The molecule has 0 saturated carbocycles. The molecule has 4 nitrogen and oxygen atoms in total. The molecule has 0 aliphatic carbocycles. The fraction of sp³-hybridized carbons (Fsp3) is 0.600. The van der Waals surface area contributed by atoms with E-state index in [4.69, 9.17) is 4.74 Å². The lowest BCUT2D eigenvalue weighted by molar-refractivity contribution is -0.141. The first kappa shape index (κ1) is 15.3. The minimum Gasteiger partial charge on any atom is -0.381 e. The fourth-order valence-corrected chi connectivity index (χ4v) is 3.31. The van der Waals surface area contributed by atoms with E-state index in [0.29, 0.717) is 19.7 Å². The third-order valence-electron chi connectivity index (χ3n) is 4.44. The average Bonchev–Trinajstić information content (AvgIpc) is 2.90. The van der Waals surface area contributed by atoms with Gasteiger partial charge in [0, 0.05) is 31.3 Å². The third kappa shape index (κ3) is 2.82. The maximum Gasteiger partial charge on any atom is 0.434 e. The van der Waals surface area contributed by atoms with Gasteiger partial charge in [0.2, 0.25) is 0 Å². The lowest BCUT2D eigenvalue weighted by atomic mass is 9.82. The van der Waals surface area contributed by atoms with E-state index < -0.39 is 17.8 Å². The first-order valence-corrected chi connectivity index (χ1v) is 7.31. The minimum atomic E-state index is -4.63. The molecule has 0 N–H and O–H groups in total. The van der Waals surface area contributed by atoms with Crippen molar-refractivity contribution in [2.45, 2.75) is 25.4 Å². The number of carbonyl (C=O) groups is 1. The van der Waals surface area contributed by atoms with Crippen LogP contribution in [0.25, 0.3) is 0 Å². The predicted molar refractivity (Wildman–Crippen MR) is 72.2 cm³/mol. The molecule has 1 aromatic heterocycles. The summed E-state index contributed by atoms with van der Waals surface area (Å²) in [5.74, 6) is -0.595. The van der Waals surface area contributed by atoms with Gasteiger partial charge < -0.3 is 9.64 Å². The number of carbonyl (C=O) groups excluding carboxylic acids is 1. The molecule has 3 rings (SSSR count). The van der Waals surface area contributed by atoms with Crippen LogP contribution >= 0.6 is 0 Å². The normalized spacial score (nSPS) is 25.7. The van der Waals surface area contributed by atoms with E-state index in [2.05, 4.69) is 4.98 Å². The van der Waals surface area contributed by atoms with Crippen LogP contribution in [0.15, 0.2) is 18.3 Å². The van der Waals surface area contributed by atoms with E-state index in [1.165, 1.54) is 17.0 Å². The summed E-state index contributed by atoms with van der Waals surface area (Å²) in [7, 11) is 0. The highest BCUT2D eigenvalue weighted by Crippen LogP contribution is 2.39. The Hall–Kier alpha value is -1.63. The summed E-state index contributed by atoms with van der Waals surface area (Å²) in [5.41, 5.74) is -1.57. The van der Waals surface area contributed by atoms with Crippen molar-refractivity contribution in [1.82, 2.24) is 9.88 Å². The summed E-state index contributed by atoms with van der Waals surface area (Å²) in [5, 5.41) is 0. The van der Waals surface area contributed by atoms with Gasteiger partial charge in [-0.25, -0.2) is 0 Å². The van der Waals surface area contributed by atoms with Crippen molar-refractivity contribution >= 4 is 5.91 Å². The number of amides is 1. The molecule has 3 heterocycles. The summed E-state index contributed by atoms with van der Waals surface area (Å²) in [6.45, 7) is 2.22. The number of hydrogen-bond donors (Lipinski definition) is 0. The number of alkyl halides is 3. The van der Waals surface area contributed by atoms with Crippen molar-refractivity contribution in [1.29, 1.82) is 0 Å². The molecule has 1 amide bonds. The highest BCUT2D eigenvalue weighted by atomic mass is 19.4. The van der Waals surface area contributed by atoms with Gasteiger partial charge in [0.25, 0.3) is 5.91 Å². The number of nitrogens with zero attached hydrogens (tertiary/aromatic N) is 2. The van der Waals surface area contributed by atoms with Crippen LogP contribution in [-0.4, -0.2) is 42.1 Å². The van der Waals surface area contributed by atoms with Gasteiger partial charge in [-0.05, 0) is 31.4 Å². The molecule has 2 aliphatic heterocycles. The van der Waals surface area contributed by atoms with Crippen molar-refractivity contribution < 1.29 is 22.7 Å². The Kier molecular flexibility index (Phi) is 3.84. The van der Waals surface area contributed by atoms with Gasteiger partial charge >= 0.3 is 6.18 Å². The molecule has 22 heavy (non-hydrogen) atoms. The highest BCUT2D eigenvalue weighted by molar-refractivity contribution is 5.95. The molecule has 2 saturated heterocycles. The topological polar surface area (TPSA) is 42.4 Å². The number of hydrogen-bond acceptors (Lipinski definition) is 3. The van der Waals surface area contributed by atoms with Crippen molar-refractivity contribution in [3.63, 3.8) is 0 Å². The van der Waals surface area contributed by atoms with Crippen LogP contribution in [-0.2, 0) is 10.9 Å². The summed E-state index contributed by atoms with van der Waals surface area (Å²) < 4.78 is 44.5. The zero-order valence-corrected chi connectivity index (χ0v) is 12.0. The Bertz CT molecular complexity index is 568. The molecule has 0 radical (unpaired) electrons. The van der Waals surface area contributed by atoms with Crippen LogP contribution < -0.4 is 0 Å². The lowest BCUT2D eigenvalue weighted by Crippen LogP contribution is -2.37. The smallest absolute Gasteiger partial charge is 0.381 e. The van der Waals surface area contributed by atoms with Crippen molar-refractivity contribution in [3.05, 3.63) is 29.6 Å². The molecular formula is C15H17F3N2O2. The van der Waals surface area contributed by atoms with Crippen LogP contribution in [0, 0.1) is 5.41 Å². The van der Waals surface area contributed by atoms with Gasteiger partial charge in [-0.15, -0.1) is 0 Å². The van der Waals surface area contributed by atoms with Gasteiger partial charge in [0.15, 0.2) is 5.69 Å². The lowest BCUT2D eigenvalue weighted by Gasteiger charge is -2.33. The van der Waals surface area contributed by atoms with E-state index >= 15 is 0 Å². The standard InChI is InChI=1S/C15H17F3N2O2/c16-15(17,18)12-11(3-1-6-19-12)13(21)20-7-5-14(9-20)4-2-8-22-10-14/h1,3,6H,2,4-5,7-10H2. The number of ether oxygens (including phenoxy) is 1. The molecule has 0 aromatic carbocycles. The molecule has 1 spiro atoms. The second kappa shape index (κ2) is 5.53. The Morgan fingerprint density at radius 3 is 2.86 bits per heavy atom. The number of rotatable bonds is 1. The number of halogens is 3. The molecule has 1 aromatic rings. The fourth-order valence-electron chi connectivity index (χ4n) is 3.31. The van der Waals surface area contributed by atoms with Gasteiger partial charge in [0.1, 0.15) is 0 Å². The maximum absolute atomic E-state index is 13.0. The monoisotopic (exact) mass is 314 g/mol. The van der Waals surface area contributed by atoms with E-state index in [-0.39, 0.29) is 11.0 Å². The van der Waals surface area contributed by atoms with E-state index in [1.807, 2.05) is 0 Å². The summed E-state index contributed by atoms with van der Waals surface area (Å²) in [4.78, 5) is 17.3. The van der Waals surface area contributed by atoms with Crippen LogP contribution in [0.5, 0.6) is 0 Å². The average molecular weight is 314 g/mol. The zero-order chi connectivity index (χ0) is 15.8. The quantitative estimate of drug-likeness (QED) is 0.800. The second-order valence-corrected chi connectivity index (χ2v) is 6.03. The van der Waals surface area contributed by atoms with Gasteiger partial charge in [-0.2, -0.15) is 13.2 Å².